The minimum atomic E-state index is -4.75. The maximum atomic E-state index is 13.2. The Morgan fingerprint density at radius 3 is 2.44 bits per heavy atom. The van der Waals surface area contributed by atoms with Gasteiger partial charge in [0.2, 0.25) is 0 Å². The van der Waals surface area contributed by atoms with Crippen molar-refractivity contribution in [3.05, 3.63) is 81.8 Å². The minimum Gasteiger partial charge on any atom is -0.505 e. The van der Waals surface area contributed by atoms with Gasteiger partial charge in [-0.15, -0.1) is 10.2 Å². The number of carbonyl (C=O) groups excluding carboxylic acids is 1. The highest BCUT2D eigenvalue weighted by molar-refractivity contribution is 7.86. The van der Waals surface area contributed by atoms with Gasteiger partial charge >= 0.3 is 0 Å². The van der Waals surface area contributed by atoms with Crippen LogP contribution in [0.15, 0.2) is 75.8 Å². The second-order valence-electron chi connectivity index (χ2n) is 8.33. The maximum Gasteiger partial charge on any atom is 0.298 e. The molecule has 202 valence electrons. The molecule has 9 nitrogen and oxygen atoms in total. The monoisotopic (exact) mass is 587 g/mol. The molecule has 0 heterocycles. The van der Waals surface area contributed by atoms with Crippen molar-refractivity contribution in [1.82, 2.24) is 0 Å². The van der Waals surface area contributed by atoms with Gasteiger partial charge in [0.05, 0.1) is 22.2 Å². The summed E-state index contributed by atoms with van der Waals surface area (Å²) in [5, 5.41) is 23.1. The summed E-state index contributed by atoms with van der Waals surface area (Å²) < 4.78 is 39.2. The molecule has 0 fully saturated rings. The summed E-state index contributed by atoms with van der Waals surface area (Å²) >= 11 is 12.3. The molecule has 0 aliphatic rings. The Labute approximate surface area is 234 Å². The fourth-order valence-corrected chi connectivity index (χ4v) is 5.28. The van der Waals surface area contributed by atoms with Crippen LogP contribution in [0.2, 0.25) is 10.0 Å². The molecule has 0 saturated carbocycles. The molecule has 0 aromatic heterocycles. The van der Waals surface area contributed by atoms with Gasteiger partial charge < -0.3 is 15.2 Å². The molecule has 4 aromatic carbocycles. The Morgan fingerprint density at radius 2 is 1.74 bits per heavy atom. The number of halogens is 2. The predicted octanol–water partition coefficient (Wildman–Crippen LogP) is 7.73. The van der Waals surface area contributed by atoms with Crippen LogP contribution in [0, 0.1) is 0 Å². The molecule has 4 rings (SSSR count). The number of aromatic hydroxyl groups is 1. The summed E-state index contributed by atoms with van der Waals surface area (Å²) in [7, 11) is -4.75. The Hall–Kier alpha value is -3.70. The lowest BCUT2D eigenvalue weighted by molar-refractivity contribution is 0.102. The predicted molar refractivity (Wildman–Crippen MR) is 151 cm³/mol. The van der Waals surface area contributed by atoms with E-state index in [0.717, 1.165) is 0 Å². The average molecular weight is 588 g/mol. The second-order valence-corrected chi connectivity index (χ2v) is 10.5. The van der Waals surface area contributed by atoms with Gasteiger partial charge in [-0.2, -0.15) is 8.42 Å². The van der Waals surface area contributed by atoms with Crippen molar-refractivity contribution in [3.8, 4) is 11.5 Å². The maximum absolute atomic E-state index is 13.2. The number of carbonyl (C=O) groups is 1. The number of azo groups is 1. The van der Waals surface area contributed by atoms with E-state index in [1.165, 1.54) is 18.2 Å². The first-order valence-corrected chi connectivity index (χ1v) is 13.9. The van der Waals surface area contributed by atoms with Gasteiger partial charge in [0, 0.05) is 17.1 Å². The summed E-state index contributed by atoms with van der Waals surface area (Å²) in [5.74, 6) is -0.744. The molecular formula is C27H23Cl2N3O6S. The van der Waals surface area contributed by atoms with E-state index in [2.05, 4.69) is 15.5 Å². The number of ether oxygens (including phenoxy) is 1. The number of rotatable bonds is 8. The van der Waals surface area contributed by atoms with Gasteiger partial charge in [0.15, 0.2) is 5.75 Å². The van der Waals surface area contributed by atoms with Crippen LogP contribution in [-0.2, 0) is 16.5 Å². The first-order chi connectivity index (χ1) is 18.5. The van der Waals surface area contributed by atoms with Gasteiger partial charge in [0.1, 0.15) is 22.0 Å². The van der Waals surface area contributed by atoms with Crippen molar-refractivity contribution < 1.29 is 27.6 Å². The van der Waals surface area contributed by atoms with Crippen molar-refractivity contribution in [2.75, 3.05) is 11.9 Å². The van der Waals surface area contributed by atoms with Crippen LogP contribution in [0.4, 0.5) is 17.1 Å². The number of nitrogens with zero attached hydrogens (tertiary/aromatic N) is 2. The molecule has 1 amide bonds. The molecule has 0 spiro atoms. The molecule has 12 heteroatoms. The highest BCUT2D eigenvalue weighted by Gasteiger charge is 2.23. The highest BCUT2D eigenvalue weighted by atomic mass is 35.5. The van der Waals surface area contributed by atoms with Gasteiger partial charge in [-0.3, -0.25) is 9.35 Å². The van der Waals surface area contributed by atoms with Crippen LogP contribution in [0.5, 0.6) is 11.5 Å². The number of aryl methyl sites for hydroxylation is 1. The quantitative estimate of drug-likeness (QED) is 0.142. The SMILES string of the molecule is CCOc1cc(NC(=O)c2cc3ccccc3c(N=Nc3cc(CC)cc(Cl)c3S(=O)(=O)O)c2O)ccc1Cl. The number of anilines is 1. The fourth-order valence-electron chi connectivity index (χ4n) is 3.91. The van der Waals surface area contributed by atoms with Crippen LogP contribution in [0.1, 0.15) is 29.8 Å². The third-order valence-electron chi connectivity index (χ3n) is 5.74. The molecule has 39 heavy (non-hydrogen) atoms. The van der Waals surface area contributed by atoms with E-state index in [0.29, 0.717) is 45.8 Å². The number of phenolic OH excluding ortho intramolecular Hbond substituents is 1. The molecule has 0 radical (unpaired) electrons. The van der Waals surface area contributed by atoms with Crippen LogP contribution < -0.4 is 10.1 Å². The zero-order chi connectivity index (χ0) is 28.3. The Bertz CT molecular complexity index is 1720. The van der Waals surface area contributed by atoms with Gasteiger partial charge in [-0.25, -0.2) is 0 Å². The van der Waals surface area contributed by atoms with E-state index in [1.807, 2.05) is 6.92 Å². The van der Waals surface area contributed by atoms with E-state index in [1.54, 1.807) is 49.4 Å². The number of benzene rings is 4. The number of nitrogens with one attached hydrogen (secondary N) is 1. The number of amides is 1. The van der Waals surface area contributed by atoms with E-state index in [-0.39, 0.29) is 22.0 Å². The normalized spacial score (nSPS) is 11.7. The second kappa shape index (κ2) is 11.6. The van der Waals surface area contributed by atoms with Crippen molar-refractivity contribution in [1.29, 1.82) is 0 Å². The summed E-state index contributed by atoms with van der Waals surface area (Å²) in [6.45, 7) is 4.01. The summed E-state index contributed by atoms with van der Waals surface area (Å²) in [6.07, 6.45) is 0.507. The molecule has 3 N–H and O–H groups in total. The third kappa shape index (κ3) is 6.15. The lowest BCUT2D eigenvalue weighted by Gasteiger charge is -2.13. The fraction of sp³-hybridized carbons (Fsp3) is 0.148. The Morgan fingerprint density at radius 1 is 1.00 bits per heavy atom. The molecule has 0 unspecified atom stereocenters. The first-order valence-electron chi connectivity index (χ1n) is 11.7. The first kappa shape index (κ1) is 28.3. The Kier molecular flexibility index (Phi) is 8.41. The van der Waals surface area contributed by atoms with Crippen molar-refractivity contribution in [2.45, 2.75) is 25.2 Å². The Balaban J connectivity index is 1.82. The topological polar surface area (TPSA) is 138 Å². The lowest BCUT2D eigenvalue weighted by Crippen LogP contribution is -2.12. The molecule has 0 aliphatic heterocycles. The number of hydrogen-bond acceptors (Lipinski definition) is 7. The number of fused-ring (bicyclic) bond motifs is 1. The van der Waals surface area contributed by atoms with E-state index < -0.39 is 26.7 Å². The minimum absolute atomic E-state index is 0.0799. The van der Waals surface area contributed by atoms with Gasteiger partial charge in [-0.05, 0) is 54.6 Å². The average Bonchev–Trinajstić information content (AvgIpc) is 2.88. The molecule has 0 aliphatic carbocycles. The third-order valence-corrected chi connectivity index (χ3v) is 7.40. The molecule has 0 saturated heterocycles. The van der Waals surface area contributed by atoms with E-state index in [9.17, 15) is 22.9 Å². The summed E-state index contributed by atoms with van der Waals surface area (Å²) in [5.41, 5.74) is 0.629. The summed E-state index contributed by atoms with van der Waals surface area (Å²) in [4.78, 5) is 12.6. The van der Waals surface area contributed by atoms with Gasteiger partial charge in [0.25, 0.3) is 16.0 Å². The zero-order valence-electron chi connectivity index (χ0n) is 20.8. The van der Waals surface area contributed by atoms with Crippen molar-refractivity contribution >= 4 is 67.1 Å². The lowest BCUT2D eigenvalue weighted by atomic mass is 10.0. The van der Waals surface area contributed by atoms with Gasteiger partial charge in [-0.1, -0.05) is 54.4 Å². The smallest absolute Gasteiger partial charge is 0.298 e. The van der Waals surface area contributed by atoms with Crippen LogP contribution in [-0.4, -0.2) is 30.6 Å². The van der Waals surface area contributed by atoms with Crippen LogP contribution >= 0.6 is 23.2 Å². The zero-order valence-corrected chi connectivity index (χ0v) is 23.1. The molecule has 4 aromatic rings. The number of hydrogen-bond donors (Lipinski definition) is 3. The number of phenols is 1. The molecular weight excluding hydrogens is 565 g/mol. The molecule has 0 atom stereocenters. The van der Waals surface area contributed by atoms with Crippen LogP contribution in [0.3, 0.4) is 0 Å². The summed E-state index contributed by atoms with van der Waals surface area (Å²) in [6, 6.07) is 15.9. The highest BCUT2D eigenvalue weighted by Crippen LogP contribution is 2.41. The largest absolute Gasteiger partial charge is 0.505 e. The van der Waals surface area contributed by atoms with E-state index >= 15 is 0 Å². The van der Waals surface area contributed by atoms with Crippen molar-refractivity contribution in [3.63, 3.8) is 0 Å². The van der Waals surface area contributed by atoms with Crippen LogP contribution in [0.25, 0.3) is 10.8 Å². The standard InChI is InChI=1S/C27H23Cl2N3O6S/c1-3-15-11-21(29)26(39(35,36)37)22(12-15)31-32-24-18-8-6-5-7-16(18)13-19(25(24)33)27(34)30-17-9-10-20(28)23(14-17)38-4-2/h5-14,33H,3-4H2,1-2H3,(H,30,34)(H,35,36,37). The van der Waals surface area contributed by atoms with E-state index in [4.69, 9.17) is 27.9 Å². The van der Waals surface area contributed by atoms with Crippen molar-refractivity contribution in [2.24, 2.45) is 10.2 Å². The molecule has 0 bridgehead atoms.